The largest absolute Gasteiger partial charge is 0.365 e. The molecular formula is C10H18O2. The molecule has 0 amide bonds. The highest BCUT2D eigenvalue weighted by Gasteiger charge is 2.52. The van der Waals surface area contributed by atoms with Crippen molar-refractivity contribution >= 4 is 0 Å². The van der Waals surface area contributed by atoms with Crippen LogP contribution in [0.5, 0.6) is 0 Å². The molecule has 0 aromatic carbocycles. The first-order chi connectivity index (χ1) is 5.56. The van der Waals surface area contributed by atoms with E-state index in [4.69, 9.17) is 4.74 Å². The molecule has 0 radical (unpaired) electrons. The molecule has 2 heteroatoms. The van der Waals surface area contributed by atoms with E-state index in [1.807, 2.05) is 0 Å². The molecule has 12 heavy (non-hydrogen) atoms. The minimum absolute atomic E-state index is 0.00694. The third-order valence-corrected chi connectivity index (χ3v) is 3.55. The number of ether oxygens (including phenoxy) is 1. The van der Waals surface area contributed by atoms with Crippen molar-refractivity contribution in [1.82, 2.24) is 0 Å². The standard InChI is InChI=1S/C10H18O2/c1-8(2)9-4-3-5-10(11,12-9)7-6-9/h8,11H,3-7H2,1-2H3. The summed E-state index contributed by atoms with van der Waals surface area (Å²) in [7, 11) is 0. The topological polar surface area (TPSA) is 29.5 Å². The fourth-order valence-corrected chi connectivity index (χ4v) is 2.60. The van der Waals surface area contributed by atoms with E-state index in [9.17, 15) is 5.11 Å². The summed E-state index contributed by atoms with van der Waals surface area (Å²) in [6.45, 7) is 4.38. The van der Waals surface area contributed by atoms with Crippen LogP contribution in [0.4, 0.5) is 0 Å². The van der Waals surface area contributed by atoms with Crippen LogP contribution in [0.25, 0.3) is 0 Å². The van der Waals surface area contributed by atoms with Gasteiger partial charge in [0.2, 0.25) is 0 Å². The summed E-state index contributed by atoms with van der Waals surface area (Å²) >= 11 is 0. The SMILES string of the molecule is CC(C)C12CCCC(O)(CC1)O2. The van der Waals surface area contributed by atoms with Crippen molar-refractivity contribution in [1.29, 1.82) is 0 Å². The highest BCUT2D eigenvalue weighted by molar-refractivity contribution is 4.98. The van der Waals surface area contributed by atoms with Gasteiger partial charge < -0.3 is 9.84 Å². The van der Waals surface area contributed by atoms with E-state index in [2.05, 4.69) is 13.8 Å². The lowest BCUT2D eigenvalue weighted by Crippen LogP contribution is -2.43. The lowest BCUT2D eigenvalue weighted by atomic mass is 9.84. The lowest BCUT2D eigenvalue weighted by Gasteiger charge is -2.40. The van der Waals surface area contributed by atoms with Gasteiger partial charge in [-0.15, -0.1) is 0 Å². The highest BCUT2D eigenvalue weighted by atomic mass is 16.6. The lowest BCUT2D eigenvalue weighted by molar-refractivity contribution is -0.258. The Hall–Kier alpha value is -0.0800. The van der Waals surface area contributed by atoms with Crippen molar-refractivity contribution in [2.24, 2.45) is 5.92 Å². The molecule has 2 rings (SSSR count). The van der Waals surface area contributed by atoms with Crippen LogP contribution in [-0.2, 0) is 4.74 Å². The highest BCUT2D eigenvalue weighted by Crippen LogP contribution is 2.50. The van der Waals surface area contributed by atoms with E-state index in [1.165, 1.54) is 0 Å². The third-order valence-electron chi connectivity index (χ3n) is 3.55. The Morgan fingerprint density at radius 1 is 1.17 bits per heavy atom. The van der Waals surface area contributed by atoms with E-state index in [0.717, 1.165) is 32.1 Å². The molecule has 2 aliphatic rings. The molecule has 1 N–H and O–H groups in total. The molecule has 2 unspecified atom stereocenters. The smallest absolute Gasteiger partial charge is 0.166 e. The molecule has 0 aliphatic carbocycles. The Labute approximate surface area is 73.9 Å². The van der Waals surface area contributed by atoms with Crippen LogP contribution in [0.2, 0.25) is 0 Å². The second-order valence-corrected chi connectivity index (χ2v) is 4.62. The summed E-state index contributed by atoms with van der Waals surface area (Å²) in [4.78, 5) is 0. The second kappa shape index (κ2) is 2.46. The predicted molar refractivity (Wildman–Crippen MR) is 46.7 cm³/mol. The van der Waals surface area contributed by atoms with Gasteiger partial charge in [-0.3, -0.25) is 0 Å². The van der Waals surface area contributed by atoms with Crippen molar-refractivity contribution in [2.75, 3.05) is 0 Å². The van der Waals surface area contributed by atoms with E-state index in [-0.39, 0.29) is 5.60 Å². The molecule has 2 aliphatic heterocycles. The minimum Gasteiger partial charge on any atom is -0.365 e. The van der Waals surface area contributed by atoms with Crippen LogP contribution in [0, 0.1) is 5.92 Å². The van der Waals surface area contributed by atoms with Crippen molar-refractivity contribution in [2.45, 2.75) is 57.3 Å². The summed E-state index contributed by atoms with van der Waals surface area (Å²) in [6.07, 6.45) is 4.97. The van der Waals surface area contributed by atoms with Gasteiger partial charge >= 0.3 is 0 Å². The first-order valence-electron chi connectivity index (χ1n) is 4.99. The molecule has 2 nitrogen and oxygen atoms in total. The fourth-order valence-electron chi connectivity index (χ4n) is 2.60. The average Bonchev–Trinajstić information content (AvgIpc) is 2.24. The normalized spacial score (nSPS) is 47.0. The zero-order valence-electron chi connectivity index (χ0n) is 7.97. The van der Waals surface area contributed by atoms with Gasteiger partial charge in [0, 0.05) is 12.8 Å². The van der Waals surface area contributed by atoms with Crippen molar-refractivity contribution < 1.29 is 9.84 Å². The Morgan fingerprint density at radius 2 is 1.92 bits per heavy atom. The van der Waals surface area contributed by atoms with E-state index >= 15 is 0 Å². The molecule has 0 aromatic heterocycles. The first kappa shape index (κ1) is 8.52. The number of hydrogen-bond acceptors (Lipinski definition) is 2. The number of hydrogen-bond donors (Lipinski definition) is 1. The maximum absolute atomic E-state index is 9.91. The Bertz CT molecular complexity index is 190. The number of aliphatic hydroxyl groups is 1. The molecule has 2 fully saturated rings. The Balaban J connectivity index is 2.20. The van der Waals surface area contributed by atoms with Gasteiger partial charge in [0.1, 0.15) is 0 Å². The molecule has 0 saturated carbocycles. The van der Waals surface area contributed by atoms with E-state index in [1.54, 1.807) is 0 Å². The van der Waals surface area contributed by atoms with E-state index in [0.29, 0.717) is 5.92 Å². The van der Waals surface area contributed by atoms with Gasteiger partial charge in [0.15, 0.2) is 5.79 Å². The summed E-state index contributed by atoms with van der Waals surface area (Å²) in [5.74, 6) is -0.227. The van der Waals surface area contributed by atoms with Gasteiger partial charge in [-0.2, -0.15) is 0 Å². The Morgan fingerprint density at radius 3 is 2.50 bits per heavy atom. The van der Waals surface area contributed by atoms with Gasteiger partial charge in [-0.05, 0) is 25.2 Å². The van der Waals surface area contributed by atoms with Gasteiger partial charge in [0.25, 0.3) is 0 Å². The number of fused-ring (bicyclic) bond motifs is 2. The quantitative estimate of drug-likeness (QED) is 0.652. The minimum atomic E-state index is -0.761. The van der Waals surface area contributed by atoms with Crippen LogP contribution in [0.1, 0.15) is 46.0 Å². The van der Waals surface area contributed by atoms with Crippen LogP contribution in [0.15, 0.2) is 0 Å². The summed E-state index contributed by atoms with van der Waals surface area (Å²) in [5.41, 5.74) is 0.00694. The third kappa shape index (κ3) is 1.09. The molecule has 2 bridgehead atoms. The predicted octanol–water partition coefficient (Wildman–Crippen LogP) is 2.06. The molecule has 0 aromatic rings. The molecule has 2 saturated heterocycles. The second-order valence-electron chi connectivity index (χ2n) is 4.62. The van der Waals surface area contributed by atoms with Crippen LogP contribution < -0.4 is 0 Å². The number of rotatable bonds is 1. The van der Waals surface area contributed by atoms with Crippen LogP contribution in [-0.4, -0.2) is 16.5 Å². The Kier molecular flexibility index (Phi) is 1.74. The average molecular weight is 170 g/mol. The summed E-state index contributed by atoms with van der Waals surface area (Å²) < 4.78 is 5.79. The van der Waals surface area contributed by atoms with Gasteiger partial charge in [0.05, 0.1) is 5.60 Å². The van der Waals surface area contributed by atoms with Crippen LogP contribution >= 0.6 is 0 Å². The molecule has 70 valence electrons. The fraction of sp³-hybridized carbons (Fsp3) is 1.00. The van der Waals surface area contributed by atoms with Crippen molar-refractivity contribution in [3.63, 3.8) is 0 Å². The van der Waals surface area contributed by atoms with Crippen molar-refractivity contribution in [3.8, 4) is 0 Å². The zero-order chi connectivity index (χ0) is 8.82. The van der Waals surface area contributed by atoms with Gasteiger partial charge in [-0.1, -0.05) is 13.8 Å². The molecule has 2 heterocycles. The summed E-state index contributed by atoms with van der Waals surface area (Å²) in [5, 5.41) is 9.91. The first-order valence-corrected chi connectivity index (χ1v) is 4.99. The maximum Gasteiger partial charge on any atom is 0.166 e. The zero-order valence-corrected chi connectivity index (χ0v) is 7.97. The monoisotopic (exact) mass is 170 g/mol. The molecule has 0 spiro atoms. The molecule has 2 atom stereocenters. The molecular weight excluding hydrogens is 152 g/mol. The maximum atomic E-state index is 9.91. The van der Waals surface area contributed by atoms with E-state index < -0.39 is 5.79 Å². The van der Waals surface area contributed by atoms with Crippen molar-refractivity contribution in [3.05, 3.63) is 0 Å². The van der Waals surface area contributed by atoms with Crippen LogP contribution in [0.3, 0.4) is 0 Å². The summed E-state index contributed by atoms with van der Waals surface area (Å²) in [6, 6.07) is 0. The van der Waals surface area contributed by atoms with Gasteiger partial charge in [-0.25, -0.2) is 0 Å².